The molecule has 0 aliphatic heterocycles. The molecule has 2 N–H and O–H groups in total. The molecule has 182 valence electrons. The summed E-state index contributed by atoms with van der Waals surface area (Å²) in [5, 5.41) is 0.482. The Hall–Kier alpha value is 0.491. The van der Waals surface area contributed by atoms with E-state index in [4.69, 9.17) is 19.0 Å². The highest BCUT2D eigenvalue weighted by Crippen LogP contribution is 2.41. The van der Waals surface area contributed by atoms with Gasteiger partial charge in [0.1, 0.15) is 0 Å². The molecule has 0 spiro atoms. The molecule has 0 aromatic carbocycles. The van der Waals surface area contributed by atoms with Crippen LogP contribution in [0.3, 0.4) is 0 Å². The first-order valence-electron chi connectivity index (χ1n) is 11.6. The van der Waals surface area contributed by atoms with Gasteiger partial charge in [0.25, 0.3) is 0 Å². The Labute approximate surface area is 192 Å². The third-order valence-corrected chi connectivity index (χ3v) is 21.5. The van der Waals surface area contributed by atoms with Gasteiger partial charge in [0.2, 0.25) is 0 Å². The minimum Gasteiger partial charge on any atom is -0.416 e. The number of hydrogen-bond acceptors (Lipinski definition) is 4. The van der Waals surface area contributed by atoms with Crippen LogP contribution in [0.25, 0.3) is 0 Å². The average Bonchev–Trinajstić information content (AvgIpc) is 2.51. The molecule has 0 aliphatic rings. The number of nitrogens with two attached hydrogens (primary N) is 1. The minimum atomic E-state index is -1.90. The molecule has 0 heterocycles. The van der Waals surface area contributed by atoms with E-state index in [2.05, 4.69) is 102 Å². The molecule has 0 fully saturated rings. The molecule has 0 aromatic rings. The fraction of sp³-hybridized carbons (Fsp3) is 1.00. The third-order valence-electron chi connectivity index (χ3n) is 8.07. The zero-order valence-electron chi connectivity index (χ0n) is 23.1. The molecule has 0 aliphatic carbocycles. The molecule has 0 atom stereocenters. The Morgan fingerprint density at radius 3 is 0.833 bits per heavy atom. The van der Waals surface area contributed by atoms with Gasteiger partial charge in [-0.25, -0.2) is 0 Å². The lowest BCUT2D eigenvalue weighted by Gasteiger charge is -2.45. The van der Waals surface area contributed by atoms with Crippen LogP contribution in [0.15, 0.2) is 0 Å². The fourth-order valence-electron chi connectivity index (χ4n) is 1.95. The normalized spacial score (nSPS) is 15.6. The average molecular weight is 478 g/mol. The fourth-order valence-corrected chi connectivity index (χ4v) is 5.25. The predicted molar refractivity (Wildman–Crippen MR) is 141 cm³/mol. The van der Waals surface area contributed by atoms with Crippen LogP contribution in [0.4, 0.5) is 0 Å². The zero-order chi connectivity index (χ0) is 24.4. The van der Waals surface area contributed by atoms with Crippen molar-refractivity contribution in [2.45, 2.75) is 117 Å². The van der Waals surface area contributed by atoms with Gasteiger partial charge < -0.3 is 19.0 Å². The molecule has 0 aromatic heterocycles. The van der Waals surface area contributed by atoms with Crippen molar-refractivity contribution in [3.63, 3.8) is 0 Å². The highest BCUT2D eigenvalue weighted by atomic mass is 28.4. The van der Waals surface area contributed by atoms with Gasteiger partial charge in [-0.05, 0) is 54.4 Å². The lowest BCUT2D eigenvalue weighted by atomic mass is 9.92. The molecule has 7 heteroatoms. The quantitative estimate of drug-likeness (QED) is 0.344. The van der Waals surface area contributed by atoms with E-state index in [1.165, 1.54) is 0 Å². The van der Waals surface area contributed by atoms with E-state index in [1.54, 1.807) is 0 Å². The van der Waals surface area contributed by atoms with E-state index < -0.39 is 25.0 Å². The maximum absolute atomic E-state index is 6.68. The van der Waals surface area contributed by atoms with Crippen LogP contribution >= 0.6 is 0 Å². The molecule has 0 rings (SSSR count). The van der Waals surface area contributed by atoms with E-state index in [-0.39, 0.29) is 20.5 Å². The van der Waals surface area contributed by atoms with Gasteiger partial charge in [-0.3, -0.25) is 0 Å². The molecule has 0 unspecified atom stereocenters. The van der Waals surface area contributed by atoms with E-state index in [1.807, 2.05) is 0 Å². The predicted octanol–water partition coefficient (Wildman–Crippen LogP) is 7.00. The van der Waals surface area contributed by atoms with Crippen LogP contribution in [-0.4, -0.2) is 51.3 Å². The van der Waals surface area contributed by atoms with Crippen molar-refractivity contribution >= 4 is 25.0 Å². The summed E-state index contributed by atoms with van der Waals surface area (Å²) in [5.74, 6) is 0. The highest BCUT2D eigenvalue weighted by molar-refractivity contribution is 6.75. The van der Waals surface area contributed by atoms with Crippen molar-refractivity contribution in [1.29, 1.82) is 0 Å². The molecule has 0 saturated heterocycles. The smallest absolute Gasteiger partial charge is 0.192 e. The molecular formula is C23H55NO3Si3. The zero-order valence-corrected chi connectivity index (χ0v) is 26.1. The van der Waals surface area contributed by atoms with E-state index in [9.17, 15) is 0 Å². The van der Waals surface area contributed by atoms with Gasteiger partial charge in [0.05, 0.1) is 0 Å². The maximum Gasteiger partial charge on any atom is 0.192 e. The van der Waals surface area contributed by atoms with Crippen molar-refractivity contribution in [3.05, 3.63) is 0 Å². The lowest BCUT2D eigenvalue weighted by molar-refractivity contribution is 0.0250. The maximum atomic E-state index is 6.68. The summed E-state index contributed by atoms with van der Waals surface area (Å²) >= 11 is 0. The van der Waals surface area contributed by atoms with Crippen LogP contribution in [0, 0.1) is 5.41 Å². The summed E-state index contributed by atoms with van der Waals surface area (Å²) in [4.78, 5) is 0. The van der Waals surface area contributed by atoms with E-state index >= 15 is 0 Å². The molecule has 4 nitrogen and oxygen atoms in total. The van der Waals surface area contributed by atoms with Crippen molar-refractivity contribution in [2.75, 3.05) is 26.4 Å². The van der Waals surface area contributed by atoms with Crippen LogP contribution in [-0.2, 0) is 13.3 Å². The summed E-state index contributed by atoms with van der Waals surface area (Å²) in [6.45, 7) is 36.6. The molecule has 0 saturated carbocycles. The first-order valence-corrected chi connectivity index (χ1v) is 20.3. The van der Waals surface area contributed by atoms with Gasteiger partial charge in [-0.1, -0.05) is 62.3 Å². The standard InChI is InChI=1S/C23H55NO3Si3/c1-20(2,3)28(10,11)25-17-23(16-24,18-26-29(12,13)21(4,5)6)19-27-30(14,15)22(7,8)9/h16-19,24H2,1-15H3. The third kappa shape index (κ3) is 8.12. The summed E-state index contributed by atoms with van der Waals surface area (Å²) in [7, 11) is -5.69. The Morgan fingerprint density at radius 1 is 0.500 bits per heavy atom. The Bertz CT molecular complexity index is 467. The van der Waals surface area contributed by atoms with Gasteiger partial charge in [-0.2, -0.15) is 0 Å². The second kappa shape index (κ2) is 9.77. The second-order valence-electron chi connectivity index (χ2n) is 13.9. The Morgan fingerprint density at radius 2 is 0.700 bits per heavy atom. The monoisotopic (exact) mass is 477 g/mol. The second-order valence-corrected chi connectivity index (χ2v) is 28.3. The molecule has 30 heavy (non-hydrogen) atoms. The SMILES string of the molecule is CC(C)(C)[Si](C)(C)OCC(CN)(CO[Si](C)(C)C(C)(C)C)CO[Si](C)(C)C(C)(C)C. The minimum absolute atomic E-state index is 0.161. The van der Waals surface area contributed by atoms with Gasteiger partial charge >= 0.3 is 0 Å². The largest absolute Gasteiger partial charge is 0.416 e. The van der Waals surface area contributed by atoms with Crippen molar-refractivity contribution in [1.82, 2.24) is 0 Å². The van der Waals surface area contributed by atoms with Crippen molar-refractivity contribution in [3.8, 4) is 0 Å². The first kappa shape index (κ1) is 30.5. The number of hydrogen-bond donors (Lipinski definition) is 1. The summed E-state index contributed by atoms with van der Waals surface area (Å²) in [5.41, 5.74) is 6.11. The van der Waals surface area contributed by atoms with Gasteiger partial charge in [-0.15, -0.1) is 0 Å². The Balaban J connectivity index is 5.75. The summed E-state index contributed by atoms with van der Waals surface area (Å²) in [6, 6.07) is 0. The summed E-state index contributed by atoms with van der Waals surface area (Å²) < 4.78 is 20.0. The molecule has 0 amide bonds. The topological polar surface area (TPSA) is 53.7 Å². The summed E-state index contributed by atoms with van der Waals surface area (Å²) in [6.07, 6.45) is 0. The molecule has 0 radical (unpaired) electrons. The van der Waals surface area contributed by atoms with Crippen LogP contribution in [0.5, 0.6) is 0 Å². The lowest BCUT2D eigenvalue weighted by Crippen LogP contribution is -2.54. The first-order chi connectivity index (χ1) is 12.9. The Kier molecular flexibility index (Phi) is 9.93. The van der Waals surface area contributed by atoms with Crippen molar-refractivity contribution in [2.24, 2.45) is 11.1 Å². The van der Waals surface area contributed by atoms with E-state index in [0.29, 0.717) is 26.4 Å². The number of rotatable bonds is 10. The van der Waals surface area contributed by atoms with Crippen LogP contribution in [0.1, 0.15) is 62.3 Å². The molecule has 0 bridgehead atoms. The van der Waals surface area contributed by atoms with Gasteiger partial charge in [0, 0.05) is 31.8 Å². The van der Waals surface area contributed by atoms with Gasteiger partial charge in [0.15, 0.2) is 25.0 Å². The van der Waals surface area contributed by atoms with Crippen LogP contribution in [0.2, 0.25) is 54.4 Å². The molecular weight excluding hydrogens is 423 g/mol. The van der Waals surface area contributed by atoms with Crippen LogP contribution < -0.4 is 5.73 Å². The highest BCUT2D eigenvalue weighted by Gasteiger charge is 2.45. The van der Waals surface area contributed by atoms with Crippen molar-refractivity contribution < 1.29 is 13.3 Å². The van der Waals surface area contributed by atoms with E-state index in [0.717, 1.165) is 0 Å².